The Bertz CT molecular complexity index is 804. The molecule has 0 bridgehead atoms. The number of hydrogen-bond donors (Lipinski definition) is 3. The fourth-order valence-corrected chi connectivity index (χ4v) is 2.15. The zero-order chi connectivity index (χ0) is 14.3. The lowest BCUT2D eigenvalue weighted by atomic mass is 10.0. The van der Waals surface area contributed by atoms with Crippen LogP contribution in [-0.4, -0.2) is 5.91 Å². The Kier molecular flexibility index (Phi) is 2.61. The summed E-state index contributed by atoms with van der Waals surface area (Å²) in [6.45, 7) is 0. The van der Waals surface area contributed by atoms with E-state index in [2.05, 4.69) is 0 Å². The van der Waals surface area contributed by atoms with Crippen molar-refractivity contribution >= 4 is 28.3 Å². The lowest BCUT2D eigenvalue weighted by Crippen LogP contribution is -2.11. The number of anilines is 2. The molecule has 20 heavy (non-hydrogen) atoms. The SMILES string of the molecule is NC(=O)c1oc2cc(-c3ccc(N)cc3)ccc2c1N. The van der Waals surface area contributed by atoms with E-state index in [0.717, 1.165) is 11.1 Å². The molecule has 5 nitrogen and oxygen atoms in total. The fourth-order valence-electron chi connectivity index (χ4n) is 2.15. The number of rotatable bonds is 2. The van der Waals surface area contributed by atoms with Gasteiger partial charge in [0.1, 0.15) is 5.58 Å². The molecule has 0 saturated heterocycles. The van der Waals surface area contributed by atoms with E-state index in [1.165, 1.54) is 0 Å². The second-order valence-electron chi connectivity index (χ2n) is 4.54. The number of primary amides is 1. The van der Waals surface area contributed by atoms with E-state index in [4.69, 9.17) is 21.6 Å². The average molecular weight is 267 g/mol. The first-order valence-electron chi connectivity index (χ1n) is 6.04. The lowest BCUT2D eigenvalue weighted by molar-refractivity contribution is 0.0977. The highest BCUT2D eigenvalue weighted by molar-refractivity contribution is 6.05. The van der Waals surface area contributed by atoms with Gasteiger partial charge in [-0.25, -0.2) is 0 Å². The number of amides is 1. The van der Waals surface area contributed by atoms with Crippen molar-refractivity contribution < 1.29 is 9.21 Å². The molecule has 0 radical (unpaired) electrons. The van der Waals surface area contributed by atoms with Gasteiger partial charge in [-0.2, -0.15) is 0 Å². The minimum Gasteiger partial charge on any atom is -0.449 e. The minimum atomic E-state index is -0.673. The predicted octanol–water partition coefficient (Wildman–Crippen LogP) is 2.36. The summed E-state index contributed by atoms with van der Waals surface area (Å²) in [6.07, 6.45) is 0. The van der Waals surface area contributed by atoms with E-state index in [1.54, 1.807) is 0 Å². The third-order valence-corrected chi connectivity index (χ3v) is 3.20. The van der Waals surface area contributed by atoms with Gasteiger partial charge in [-0.15, -0.1) is 0 Å². The number of fused-ring (bicyclic) bond motifs is 1. The third-order valence-electron chi connectivity index (χ3n) is 3.20. The average Bonchev–Trinajstić information content (AvgIpc) is 2.77. The first-order chi connectivity index (χ1) is 9.56. The van der Waals surface area contributed by atoms with Crippen LogP contribution in [0.25, 0.3) is 22.1 Å². The number of carbonyl (C=O) groups excluding carboxylic acids is 1. The molecule has 6 N–H and O–H groups in total. The van der Waals surface area contributed by atoms with Crippen molar-refractivity contribution in [2.24, 2.45) is 5.73 Å². The van der Waals surface area contributed by atoms with Crippen LogP contribution in [0.2, 0.25) is 0 Å². The maximum Gasteiger partial charge on any atom is 0.286 e. The Morgan fingerprint density at radius 2 is 1.60 bits per heavy atom. The normalized spacial score (nSPS) is 10.8. The Morgan fingerprint density at radius 3 is 2.25 bits per heavy atom. The molecular weight excluding hydrogens is 254 g/mol. The van der Waals surface area contributed by atoms with Crippen molar-refractivity contribution in [1.29, 1.82) is 0 Å². The molecule has 5 heteroatoms. The van der Waals surface area contributed by atoms with Crippen molar-refractivity contribution in [2.75, 3.05) is 11.5 Å². The van der Waals surface area contributed by atoms with Crippen LogP contribution in [0.5, 0.6) is 0 Å². The second kappa shape index (κ2) is 4.31. The Balaban J connectivity index is 2.15. The van der Waals surface area contributed by atoms with Crippen LogP contribution in [-0.2, 0) is 0 Å². The standard InChI is InChI=1S/C15H13N3O2/c16-10-4-1-8(2-5-10)9-3-6-11-12(7-9)20-14(13(11)17)15(18)19/h1-7H,16-17H2,(H2,18,19). The van der Waals surface area contributed by atoms with Crippen molar-refractivity contribution in [3.05, 3.63) is 48.2 Å². The van der Waals surface area contributed by atoms with E-state index in [1.807, 2.05) is 42.5 Å². The van der Waals surface area contributed by atoms with E-state index in [-0.39, 0.29) is 11.4 Å². The molecule has 0 atom stereocenters. The molecule has 0 spiro atoms. The van der Waals surface area contributed by atoms with Gasteiger partial charge in [-0.05, 0) is 35.4 Å². The number of nitrogen functional groups attached to an aromatic ring is 2. The Morgan fingerprint density at radius 1 is 0.950 bits per heavy atom. The Labute approximate surface area is 115 Å². The molecule has 1 heterocycles. The molecule has 3 aromatic rings. The van der Waals surface area contributed by atoms with E-state index in [0.29, 0.717) is 16.7 Å². The van der Waals surface area contributed by atoms with Gasteiger partial charge in [-0.1, -0.05) is 18.2 Å². The molecular formula is C15H13N3O2. The molecule has 0 aliphatic heterocycles. The molecule has 0 aliphatic carbocycles. The zero-order valence-electron chi connectivity index (χ0n) is 10.6. The summed E-state index contributed by atoms with van der Waals surface area (Å²) < 4.78 is 5.42. The van der Waals surface area contributed by atoms with Crippen molar-refractivity contribution in [2.45, 2.75) is 0 Å². The molecule has 0 fully saturated rings. The first kappa shape index (κ1) is 12.1. The molecule has 0 unspecified atom stereocenters. The number of carbonyl (C=O) groups is 1. The number of benzene rings is 2. The highest BCUT2D eigenvalue weighted by atomic mass is 16.3. The van der Waals surface area contributed by atoms with Crippen LogP contribution in [0.3, 0.4) is 0 Å². The van der Waals surface area contributed by atoms with Crippen LogP contribution in [0.4, 0.5) is 11.4 Å². The highest BCUT2D eigenvalue weighted by Gasteiger charge is 2.16. The van der Waals surface area contributed by atoms with Crippen LogP contribution in [0.1, 0.15) is 10.6 Å². The number of hydrogen-bond acceptors (Lipinski definition) is 4. The summed E-state index contributed by atoms with van der Waals surface area (Å²) in [5.41, 5.74) is 20.2. The monoisotopic (exact) mass is 267 g/mol. The van der Waals surface area contributed by atoms with Gasteiger partial charge in [0.2, 0.25) is 5.76 Å². The predicted molar refractivity (Wildman–Crippen MR) is 79.0 cm³/mol. The quantitative estimate of drug-likeness (QED) is 0.619. The third kappa shape index (κ3) is 1.85. The van der Waals surface area contributed by atoms with Crippen molar-refractivity contribution in [1.82, 2.24) is 0 Å². The molecule has 100 valence electrons. The van der Waals surface area contributed by atoms with Crippen LogP contribution in [0, 0.1) is 0 Å². The van der Waals surface area contributed by atoms with E-state index in [9.17, 15) is 4.79 Å². The summed E-state index contributed by atoms with van der Waals surface area (Å²) in [5, 5.41) is 0.679. The Hall–Kier alpha value is -2.95. The van der Waals surface area contributed by atoms with Gasteiger partial charge < -0.3 is 21.6 Å². The van der Waals surface area contributed by atoms with Crippen LogP contribution in [0.15, 0.2) is 46.9 Å². The van der Waals surface area contributed by atoms with Gasteiger partial charge in [0, 0.05) is 11.1 Å². The largest absolute Gasteiger partial charge is 0.449 e. The van der Waals surface area contributed by atoms with Gasteiger partial charge in [0.15, 0.2) is 0 Å². The maximum absolute atomic E-state index is 11.2. The molecule has 0 saturated carbocycles. The molecule has 1 amide bonds. The molecule has 1 aromatic heterocycles. The number of nitrogens with two attached hydrogens (primary N) is 3. The lowest BCUT2D eigenvalue weighted by Gasteiger charge is -2.02. The fraction of sp³-hybridized carbons (Fsp3) is 0. The summed E-state index contributed by atoms with van der Waals surface area (Å²) >= 11 is 0. The molecule has 0 aliphatic rings. The minimum absolute atomic E-state index is 0.00513. The van der Waals surface area contributed by atoms with E-state index >= 15 is 0 Å². The number of furan rings is 1. The van der Waals surface area contributed by atoms with Gasteiger partial charge in [-0.3, -0.25) is 4.79 Å². The van der Waals surface area contributed by atoms with Crippen LogP contribution >= 0.6 is 0 Å². The summed E-state index contributed by atoms with van der Waals surface area (Å²) in [7, 11) is 0. The smallest absolute Gasteiger partial charge is 0.286 e. The van der Waals surface area contributed by atoms with Crippen molar-refractivity contribution in [3.63, 3.8) is 0 Å². The zero-order valence-corrected chi connectivity index (χ0v) is 10.6. The molecule has 2 aromatic carbocycles. The highest BCUT2D eigenvalue weighted by Crippen LogP contribution is 2.32. The van der Waals surface area contributed by atoms with Crippen molar-refractivity contribution in [3.8, 4) is 11.1 Å². The van der Waals surface area contributed by atoms with Crippen LogP contribution < -0.4 is 17.2 Å². The maximum atomic E-state index is 11.2. The summed E-state index contributed by atoms with van der Waals surface area (Å²) in [5.74, 6) is -0.679. The first-order valence-corrected chi connectivity index (χ1v) is 6.04. The molecule has 3 rings (SSSR count). The van der Waals surface area contributed by atoms with E-state index < -0.39 is 5.91 Å². The topological polar surface area (TPSA) is 108 Å². The summed E-state index contributed by atoms with van der Waals surface area (Å²) in [6, 6.07) is 13.0. The van der Waals surface area contributed by atoms with Gasteiger partial charge in [0.05, 0.1) is 5.69 Å². The second-order valence-corrected chi connectivity index (χ2v) is 4.54. The van der Waals surface area contributed by atoms with Gasteiger partial charge >= 0.3 is 0 Å². The van der Waals surface area contributed by atoms with Gasteiger partial charge in [0.25, 0.3) is 5.91 Å². The summed E-state index contributed by atoms with van der Waals surface area (Å²) in [4.78, 5) is 11.2.